The van der Waals surface area contributed by atoms with E-state index in [1.165, 1.54) is 54.5 Å². The molecule has 3 aliphatic carbocycles. The number of thioether (sulfide) groups is 1. The zero-order valence-electron chi connectivity index (χ0n) is 25.1. The first-order valence-electron chi connectivity index (χ1n) is 16.0. The number of carbonyl (C=O) groups excluding carboxylic acids is 1. The van der Waals surface area contributed by atoms with Gasteiger partial charge in [-0.05, 0) is 91.5 Å². The van der Waals surface area contributed by atoms with Crippen molar-refractivity contribution in [2.24, 2.45) is 17.3 Å². The van der Waals surface area contributed by atoms with E-state index in [1.54, 1.807) is 5.56 Å². The zero-order valence-corrected chi connectivity index (χ0v) is 27.5. The quantitative estimate of drug-likeness (QED) is 0.143. The van der Waals surface area contributed by atoms with Gasteiger partial charge in [0.2, 0.25) is 0 Å². The highest BCUT2D eigenvalue weighted by molar-refractivity contribution is 7.98. The summed E-state index contributed by atoms with van der Waals surface area (Å²) in [6.07, 6.45) is 17.1. The topological polar surface area (TPSA) is 30.2 Å². The van der Waals surface area contributed by atoms with Crippen LogP contribution in [0.1, 0.15) is 93.7 Å². The van der Waals surface area contributed by atoms with Crippen LogP contribution in [0, 0.1) is 17.3 Å². The van der Waals surface area contributed by atoms with Crippen molar-refractivity contribution < 1.29 is 31.1 Å². The molecule has 3 aliphatic rings. The number of aromatic nitrogens is 1. The number of Topliss-reactive ketones (excluding diaryl/α,β-unsaturated/α-hetero) is 1. The number of fused-ring (bicyclic) bond motifs is 5. The van der Waals surface area contributed by atoms with Crippen LogP contribution in [0.3, 0.4) is 0 Å². The standard InChI is InChI=1S/C37H46NO2S.BrH/c1-37-21-18-33-32-15-13-30(26-29(32)12-14-34(33)35(37)16-17-36(37)39)40-25-9-4-2-3-8-22-38-23-19-31(20-24-38)41-27-28-10-6-5-7-11-28;/h5-7,10-11,13,15,19-20,23-24,26,33-35H,2-4,8-9,12,14,16-18,21-22,25,27H2,1H3;1H/q+1;/p-1/t33-,34-,35+,37+;/m1./s1. The van der Waals surface area contributed by atoms with Crippen molar-refractivity contribution >= 4 is 17.5 Å². The van der Waals surface area contributed by atoms with Gasteiger partial charge in [0, 0.05) is 41.0 Å². The van der Waals surface area contributed by atoms with Crippen molar-refractivity contribution in [1.82, 2.24) is 0 Å². The minimum atomic E-state index is -0.0336. The summed E-state index contributed by atoms with van der Waals surface area (Å²) in [5.74, 6) is 4.54. The van der Waals surface area contributed by atoms with Crippen LogP contribution in [0.2, 0.25) is 0 Å². The molecule has 0 bridgehead atoms. The van der Waals surface area contributed by atoms with E-state index in [0.29, 0.717) is 23.5 Å². The molecule has 0 N–H and O–H groups in total. The third-order valence-electron chi connectivity index (χ3n) is 10.3. The van der Waals surface area contributed by atoms with E-state index >= 15 is 0 Å². The Hall–Kier alpha value is -2.11. The van der Waals surface area contributed by atoms with Crippen LogP contribution >= 0.6 is 11.8 Å². The first kappa shape index (κ1) is 31.3. The van der Waals surface area contributed by atoms with Crippen molar-refractivity contribution in [3.8, 4) is 5.75 Å². The van der Waals surface area contributed by atoms with Gasteiger partial charge in [0.25, 0.3) is 0 Å². The van der Waals surface area contributed by atoms with E-state index in [0.717, 1.165) is 56.8 Å². The lowest BCUT2D eigenvalue weighted by Crippen LogP contribution is -3.00. The fourth-order valence-corrected chi connectivity index (χ4v) is 8.81. The normalized spacial score (nSPS) is 24.3. The van der Waals surface area contributed by atoms with Gasteiger partial charge in [-0.15, -0.1) is 11.8 Å². The number of pyridine rings is 1. The number of rotatable bonds is 12. The predicted octanol–water partition coefficient (Wildman–Crippen LogP) is 5.73. The van der Waals surface area contributed by atoms with Crippen LogP contribution in [0.5, 0.6) is 5.75 Å². The molecule has 3 nitrogen and oxygen atoms in total. The van der Waals surface area contributed by atoms with Crippen molar-refractivity contribution in [2.45, 2.75) is 101 Å². The number of hydrogen-bond acceptors (Lipinski definition) is 3. The third-order valence-corrected chi connectivity index (χ3v) is 11.4. The minimum absolute atomic E-state index is 0. The number of hydrogen-bond donors (Lipinski definition) is 0. The average Bonchev–Trinajstić information content (AvgIpc) is 3.32. The van der Waals surface area contributed by atoms with Crippen molar-refractivity contribution in [3.05, 3.63) is 89.7 Å². The Labute approximate surface area is 267 Å². The summed E-state index contributed by atoms with van der Waals surface area (Å²) in [5, 5.41) is 0. The summed E-state index contributed by atoms with van der Waals surface area (Å²) in [7, 11) is 0. The van der Waals surface area contributed by atoms with Gasteiger partial charge in [0.1, 0.15) is 18.1 Å². The van der Waals surface area contributed by atoms with Gasteiger partial charge in [0.15, 0.2) is 12.4 Å². The molecule has 0 spiro atoms. The number of benzene rings is 2. The van der Waals surface area contributed by atoms with Gasteiger partial charge in [0.05, 0.1) is 6.61 Å². The molecule has 42 heavy (non-hydrogen) atoms. The molecule has 0 unspecified atom stereocenters. The molecule has 3 aromatic rings. The van der Waals surface area contributed by atoms with Crippen molar-refractivity contribution in [2.75, 3.05) is 6.61 Å². The fourth-order valence-electron chi connectivity index (χ4n) is 7.97. The van der Waals surface area contributed by atoms with Crippen LogP contribution < -0.4 is 26.3 Å². The molecule has 2 fully saturated rings. The summed E-state index contributed by atoms with van der Waals surface area (Å²) in [4.78, 5) is 13.9. The number of carbonyl (C=O) groups is 1. The molecular formula is C37H46BrNO2S. The van der Waals surface area contributed by atoms with E-state index in [-0.39, 0.29) is 22.4 Å². The third kappa shape index (κ3) is 7.16. The molecule has 1 heterocycles. The SMILES string of the molecule is C[C@]12CC[C@@H]3c4ccc(OCCCCCCC[n+]5ccc(SCc6ccccc6)cc5)cc4CC[C@H]3[C@@H]1CCC2=O.[Br-]. The molecule has 5 heteroatoms. The van der Waals surface area contributed by atoms with Crippen LogP contribution in [-0.4, -0.2) is 12.4 Å². The summed E-state index contributed by atoms with van der Waals surface area (Å²) in [5.41, 5.74) is 4.38. The molecule has 2 saturated carbocycles. The Kier molecular flexibility index (Phi) is 10.9. The molecule has 0 saturated heterocycles. The highest BCUT2D eigenvalue weighted by Gasteiger charge is 2.54. The monoisotopic (exact) mass is 647 g/mol. The fraction of sp³-hybridized carbons (Fsp3) is 0.514. The second-order valence-electron chi connectivity index (χ2n) is 12.9. The highest BCUT2D eigenvalue weighted by atomic mass is 79.9. The number of unbranched alkanes of at least 4 members (excludes halogenated alkanes) is 4. The second kappa shape index (κ2) is 14.6. The molecular weight excluding hydrogens is 602 g/mol. The minimum Gasteiger partial charge on any atom is -1.00 e. The Morgan fingerprint density at radius 2 is 1.69 bits per heavy atom. The first-order chi connectivity index (χ1) is 20.1. The Morgan fingerprint density at radius 1 is 0.905 bits per heavy atom. The predicted molar refractivity (Wildman–Crippen MR) is 167 cm³/mol. The smallest absolute Gasteiger partial charge is 0.169 e. The van der Waals surface area contributed by atoms with E-state index in [4.69, 9.17) is 4.74 Å². The Morgan fingerprint density at radius 3 is 2.52 bits per heavy atom. The Bertz CT molecular complexity index is 1310. The maximum absolute atomic E-state index is 12.6. The molecule has 0 amide bonds. The van der Waals surface area contributed by atoms with Gasteiger partial charge in [-0.3, -0.25) is 4.79 Å². The van der Waals surface area contributed by atoms with E-state index < -0.39 is 0 Å². The number of ketones is 1. The lowest BCUT2D eigenvalue weighted by Gasteiger charge is -2.48. The lowest BCUT2D eigenvalue weighted by atomic mass is 9.55. The molecule has 0 radical (unpaired) electrons. The molecule has 6 rings (SSSR count). The molecule has 224 valence electrons. The van der Waals surface area contributed by atoms with Crippen LogP contribution in [0.4, 0.5) is 0 Å². The van der Waals surface area contributed by atoms with Crippen LogP contribution in [-0.2, 0) is 23.5 Å². The summed E-state index contributed by atoms with van der Waals surface area (Å²) in [6, 6.07) is 22.0. The van der Waals surface area contributed by atoms with E-state index in [1.807, 2.05) is 11.8 Å². The van der Waals surface area contributed by atoms with Crippen LogP contribution in [0.15, 0.2) is 78.0 Å². The molecule has 4 atom stereocenters. The maximum atomic E-state index is 12.6. The van der Waals surface area contributed by atoms with Gasteiger partial charge >= 0.3 is 0 Å². The number of ether oxygens (including phenoxy) is 1. The van der Waals surface area contributed by atoms with Crippen molar-refractivity contribution in [3.63, 3.8) is 0 Å². The van der Waals surface area contributed by atoms with E-state index in [9.17, 15) is 4.79 Å². The largest absolute Gasteiger partial charge is 1.00 e. The zero-order chi connectivity index (χ0) is 28.1. The van der Waals surface area contributed by atoms with E-state index in [2.05, 4.69) is 84.5 Å². The second-order valence-corrected chi connectivity index (χ2v) is 13.9. The summed E-state index contributed by atoms with van der Waals surface area (Å²) < 4.78 is 8.50. The van der Waals surface area contributed by atoms with Gasteiger partial charge in [-0.2, -0.15) is 0 Å². The molecule has 1 aromatic heterocycles. The number of nitrogens with zero attached hydrogens (tertiary/aromatic N) is 1. The van der Waals surface area contributed by atoms with Gasteiger partial charge < -0.3 is 21.7 Å². The summed E-state index contributed by atoms with van der Waals surface area (Å²) in [6.45, 7) is 4.16. The number of aryl methyl sites for hydroxylation is 2. The van der Waals surface area contributed by atoms with Gasteiger partial charge in [-0.25, -0.2) is 4.57 Å². The first-order valence-corrected chi connectivity index (χ1v) is 17.0. The Balaban J connectivity index is 0.00000353. The molecule has 0 aliphatic heterocycles. The lowest BCUT2D eigenvalue weighted by molar-refractivity contribution is -0.697. The van der Waals surface area contributed by atoms with Gasteiger partial charge in [-0.1, -0.05) is 56.2 Å². The van der Waals surface area contributed by atoms with Crippen LogP contribution in [0.25, 0.3) is 0 Å². The summed E-state index contributed by atoms with van der Waals surface area (Å²) >= 11 is 1.90. The average molecular weight is 649 g/mol. The maximum Gasteiger partial charge on any atom is 0.169 e. The number of halogens is 1. The molecule has 2 aromatic carbocycles. The van der Waals surface area contributed by atoms with Crippen molar-refractivity contribution in [1.29, 1.82) is 0 Å². The highest BCUT2D eigenvalue weighted by Crippen LogP contribution is 2.59.